The van der Waals surface area contributed by atoms with E-state index in [0.29, 0.717) is 5.92 Å². The Balaban J connectivity index is 2.57. The minimum atomic E-state index is 0.0827. The van der Waals surface area contributed by atoms with Crippen LogP contribution in [0, 0.1) is 11.8 Å². The van der Waals surface area contributed by atoms with Gasteiger partial charge in [-0.3, -0.25) is 9.63 Å². The molecule has 1 rings (SSSR count). The van der Waals surface area contributed by atoms with Crippen LogP contribution in [0.5, 0.6) is 0 Å². The molecule has 0 aliphatic carbocycles. The van der Waals surface area contributed by atoms with E-state index in [9.17, 15) is 4.79 Å². The number of hydrogen-bond donors (Lipinski definition) is 0. The second-order valence-electron chi connectivity index (χ2n) is 3.82. The van der Waals surface area contributed by atoms with Gasteiger partial charge in [0.2, 0.25) is 0 Å². The summed E-state index contributed by atoms with van der Waals surface area (Å²) in [4.78, 5) is 18.8. The van der Waals surface area contributed by atoms with E-state index < -0.39 is 0 Å². The van der Waals surface area contributed by atoms with E-state index in [2.05, 4.69) is 11.8 Å². The summed E-state index contributed by atoms with van der Waals surface area (Å²) < 4.78 is 0. The van der Waals surface area contributed by atoms with Gasteiger partial charge in [0.1, 0.15) is 0 Å². The lowest BCUT2D eigenvalue weighted by atomic mass is 9.97. The zero-order valence-corrected chi connectivity index (χ0v) is 8.78. The van der Waals surface area contributed by atoms with Crippen LogP contribution in [0.15, 0.2) is 0 Å². The lowest BCUT2D eigenvalue weighted by molar-refractivity contribution is -0.174. The van der Waals surface area contributed by atoms with Gasteiger partial charge in [0.15, 0.2) is 0 Å². The molecule has 4 nitrogen and oxygen atoms in total. The van der Waals surface area contributed by atoms with Gasteiger partial charge in [-0.15, -0.1) is 0 Å². The van der Waals surface area contributed by atoms with E-state index in [-0.39, 0.29) is 11.8 Å². The first-order valence-electron chi connectivity index (χ1n) is 4.56. The van der Waals surface area contributed by atoms with E-state index >= 15 is 0 Å². The van der Waals surface area contributed by atoms with Gasteiger partial charge in [-0.1, -0.05) is 6.92 Å². The van der Waals surface area contributed by atoms with Crippen LogP contribution in [0.2, 0.25) is 0 Å². The van der Waals surface area contributed by atoms with Crippen molar-refractivity contribution in [1.82, 2.24) is 9.96 Å². The normalized spacial score (nSPS) is 29.2. The van der Waals surface area contributed by atoms with Crippen molar-refractivity contribution in [2.45, 2.75) is 6.92 Å². The van der Waals surface area contributed by atoms with E-state index in [1.54, 1.807) is 7.05 Å². The maximum Gasteiger partial charge on any atom is 0.250 e. The van der Waals surface area contributed by atoms with E-state index in [0.717, 1.165) is 13.1 Å². The predicted molar refractivity (Wildman–Crippen MR) is 49.9 cm³/mol. The maximum absolute atomic E-state index is 11.7. The van der Waals surface area contributed by atoms with Gasteiger partial charge >= 0.3 is 0 Å². The zero-order chi connectivity index (χ0) is 10.0. The third-order valence-electron chi connectivity index (χ3n) is 2.70. The third-order valence-corrected chi connectivity index (χ3v) is 2.70. The molecule has 76 valence electrons. The molecule has 1 saturated heterocycles. The molecule has 4 heteroatoms. The Labute approximate surface area is 79.4 Å². The number of nitrogens with zero attached hydrogens (tertiary/aromatic N) is 2. The molecule has 0 aromatic heterocycles. The third kappa shape index (κ3) is 2.19. The molecule has 0 N–H and O–H groups in total. The van der Waals surface area contributed by atoms with Gasteiger partial charge in [-0.2, -0.15) is 0 Å². The van der Waals surface area contributed by atoms with Gasteiger partial charge in [0, 0.05) is 20.1 Å². The highest BCUT2D eigenvalue weighted by atomic mass is 16.7. The highest BCUT2D eigenvalue weighted by molar-refractivity contribution is 5.78. The summed E-state index contributed by atoms with van der Waals surface area (Å²) in [5, 5.41) is 1.32. The van der Waals surface area contributed by atoms with Crippen molar-refractivity contribution < 1.29 is 9.63 Å². The average Bonchev–Trinajstić information content (AvgIpc) is 2.42. The molecule has 2 unspecified atom stereocenters. The molecule has 2 atom stereocenters. The minimum Gasteiger partial charge on any atom is -0.305 e. The van der Waals surface area contributed by atoms with Gasteiger partial charge in [-0.25, -0.2) is 5.06 Å². The second kappa shape index (κ2) is 4.07. The van der Waals surface area contributed by atoms with Crippen molar-refractivity contribution in [2.75, 3.05) is 34.3 Å². The van der Waals surface area contributed by atoms with Crippen molar-refractivity contribution in [2.24, 2.45) is 11.8 Å². The summed E-state index contributed by atoms with van der Waals surface area (Å²) in [5.74, 6) is 0.601. The largest absolute Gasteiger partial charge is 0.305 e. The van der Waals surface area contributed by atoms with Crippen LogP contribution in [0.4, 0.5) is 0 Å². The number of likely N-dealkylation sites (tertiary alicyclic amines) is 1. The molecule has 0 bridgehead atoms. The topological polar surface area (TPSA) is 32.8 Å². The molecule has 0 spiro atoms. The Morgan fingerprint density at radius 3 is 2.54 bits per heavy atom. The first kappa shape index (κ1) is 10.5. The standard InChI is InChI=1S/C9H18N2O2/c1-7-5-10(2)6-8(7)9(12)11(3)13-4/h7-8H,5-6H2,1-4H3. The number of hydrogen-bond acceptors (Lipinski definition) is 3. The predicted octanol–water partition coefficient (Wildman–Crippen LogP) is 0.204. The SMILES string of the molecule is CON(C)C(=O)C1CN(C)CC1C. The average molecular weight is 186 g/mol. The number of hydroxylamine groups is 2. The van der Waals surface area contributed by atoms with Crippen LogP contribution < -0.4 is 0 Å². The first-order chi connectivity index (χ1) is 6.06. The summed E-state index contributed by atoms with van der Waals surface area (Å²) in [6, 6.07) is 0. The smallest absolute Gasteiger partial charge is 0.250 e. The molecule has 0 aromatic carbocycles. The lowest BCUT2D eigenvalue weighted by Crippen LogP contribution is -2.35. The monoisotopic (exact) mass is 186 g/mol. The highest BCUT2D eigenvalue weighted by Gasteiger charge is 2.34. The van der Waals surface area contributed by atoms with Crippen LogP contribution in [0.1, 0.15) is 6.92 Å². The summed E-state index contributed by atoms with van der Waals surface area (Å²) in [5.41, 5.74) is 0. The van der Waals surface area contributed by atoms with Crippen LogP contribution in [0.3, 0.4) is 0 Å². The summed E-state index contributed by atoms with van der Waals surface area (Å²) in [6.45, 7) is 3.94. The van der Waals surface area contributed by atoms with E-state index in [1.165, 1.54) is 12.2 Å². The van der Waals surface area contributed by atoms with E-state index in [1.807, 2.05) is 7.05 Å². The molecule has 1 aliphatic heterocycles. The Bertz CT molecular complexity index is 196. The summed E-state index contributed by atoms with van der Waals surface area (Å²) in [7, 11) is 5.21. The second-order valence-corrected chi connectivity index (χ2v) is 3.82. The molecule has 0 aromatic rings. The molecular weight excluding hydrogens is 168 g/mol. The number of amides is 1. The molecule has 1 heterocycles. The first-order valence-corrected chi connectivity index (χ1v) is 4.56. The van der Waals surface area contributed by atoms with Crippen LogP contribution >= 0.6 is 0 Å². The number of carbonyl (C=O) groups is 1. The fourth-order valence-corrected chi connectivity index (χ4v) is 1.85. The highest BCUT2D eigenvalue weighted by Crippen LogP contribution is 2.23. The fraction of sp³-hybridized carbons (Fsp3) is 0.889. The molecule has 1 aliphatic rings. The summed E-state index contributed by atoms with van der Waals surface area (Å²) in [6.07, 6.45) is 0. The van der Waals surface area contributed by atoms with E-state index in [4.69, 9.17) is 4.84 Å². The molecule has 0 radical (unpaired) electrons. The Hall–Kier alpha value is -0.610. The van der Waals surface area contributed by atoms with Gasteiger partial charge in [0.05, 0.1) is 13.0 Å². The number of carbonyl (C=O) groups excluding carboxylic acids is 1. The van der Waals surface area contributed by atoms with Crippen molar-refractivity contribution in [1.29, 1.82) is 0 Å². The molecule has 1 fully saturated rings. The van der Waals surface area contributed by atoms with Gasteiger partial charge in [-0.05, 0) is 13.0 Å². The Morgan fingerprint density at radius 2 is 2.15 bits per heavy atom. The number of rotatable bonds is 2. The van der Waals surface area contributed by atoms with Crippen molar-refractivity contribution in [3.05, 3.63) is 0 Å². The quantitative estimate of drug-likeness (QED) is 0.578. The molecular formula is C9H18N2O2. The lowest BCUT2D eigenvalue weighted by Gasteiger charge is -2.20. The minimum absolute atomic E-state index is 0.0827. The van der Waals surface area contributed by atoms with Gasteiger partial charge < -0.3 is 4.90 Å². The summed E-state index contributed by atoms with van der Waals surface area (Å²) >= 11 is 0. The maximum atomic E-state index is 11.7. The van der Waals surface area contributed by atoms with Crippen LogP contribution in [0.25, 0.3) is 0 Å². The van der Waals surface area contributed by atoms with Crippen molar-refractivity contribution in [3.63, 3.8) is 0 Å². The van der Waals surface area contributed by atoms with Crippen molar-refractivity contribution in [3.8, 4) is 0 Å². The fourth-order valence-electron chi connectivity index (χ4n) is 1.85. The molecule has 1 amide bonds. The van der Waals surface area contributed by atoms with Crippen LogP contribution in [-0.2, 0) is 9.63 Å². The molecule has 0 saturated carbocycles. The van der Waals surface area contributed by atoms with Gasteiger partial charge in [0.25, 0.3) is 5.91 Å². The Kier molecular flexibility index (Phi) is 3.27. The Morgan fingerprint density at radius 1 is 1.54 bits per heavy atom. The molecule has 13 heavy (non-hydrogen) atoms. The van der Waals surface area contributed by atoms with Crippen LogP contribution in [-0.4, -0.2) is 50.2 Å². The van der Waals surface area contributed by atoms with Crippen molar-refractivity contribution >= 4 is 5.91 Å². The zero-order valence-electron chi connectivity index (χ0n) is 8.78.